The molecule has 3 rings (SSSR count). The first kappa shape index (κ1) is 12.4. The smallest absolute Gasteiger partial charge is 0.306 e. The molecule has 1 aromatic rings. The van der Waals surface area contributed by atoms with Gasteiger partial charge in [-0.3, -0.25) is 9.79 Å². The largest absolute Gasteiger partial charge is 0.481 e. The molecular formula is C15H17NO3. The summed E-state index contributed by atoms with van der Waals surface area (Å²) in [5.74, 6) is -0.825. The van der Waals surface area contributed by atoms with E-state index in [-0.39, 0.29) is 12.5 Å². The molecular weight excluding hydrogens is 242 g/mol. The van der Waals surface area contributed by atoms with Crippen LogP contribution in [0.1, 0.15) is 26.2 Å². The van der Waals surface area contributed by atoms with E-state index in [9.17, 15) is 4.79 Å². The molecule has 1 aromatic carbocycles. The van der Waals surface area contributed by atoms with Gasteiger partial charge in [-0.2, -0.15) is 0 Å². The minimum atomic E-state index is -0.825. The van der Waals surface area contributed by atoms with Gasteiger partial charge in [0.1, 0.15) is 11.6 Å². The first-order valence-corrected chi connectivity index (χ1v) is 6.68. The molecule has 1 fully saturated rings. The Morgan fingerprint density at radius 2 is 2.32 bits per heavy atom. The SMILES string of the molecule is CCC1(CC(=O)O)OCCC2=c3ccccc3=NC21. The van der Waals surface area contributed by atoms with Crippen LogP contribution in [0.4, 0.5) is 0 Å². The van der Waals surface area contributed by atoms with Gasteiger partial charge in [-0.1, -0.05) is 25.1 Å². The first-order chi connectivity index (χ1) is 9.16. The zero-order valence-electron chi connectivity index (χ0n) is 10.9. The van der Waals surface area contributed by atoms with Crippen LogP contribution in [0.15, 0.2) is 29.3 Å². The Balaban J connectivity index is 2.13. The number of fused-ring (bicyclic) bond motifs is 2. The number of hydrogen-bond donors (Lipinski definition) is 1. The third kappa shape index (κ3) is 1.87. The summed E-state index contributed by atoms with van der Waals surface area (Å²) in [6.07, 6.45) is 1.51. The fraction of sp³-hybridized carbons (Fsp3) is 0.467. The molecule has 0 spiro atoms. The monoisotopic (exact) mass is 259 g/mol. The van der Waals surface area contributed by atoms with Crippen molar-refractivity contribution >= 4 is 11.5 Å². The number of carbonyl (C=O) groups is 1. The van der Waals surface area contributed by atoms with Crippen molar-refractivity contribution < 1.29 is 14.6 Å². The first-order valence-electron chi connectivity index (χ1n) is 6.68. The zero-order valence-corrected chi connectivity index (χ0v) is 10.9. The fourth-order valence-electron chi connectivity index (χ4n) is 3.20. The second-order valence-electron chi connectivity index (χ2n) is 5.16. The highest BCUT2D eigenvalue weighted by atomic mass is 16.5. The van der Waals surface area contributed by atoms with Crippen LogP contribution in [0.3, 0.4) is 0 Å². The summed E-state index contributed by atoms with van der Waals surface area (Å²) in [4.78, 5) is 15.9. The van der Waals surface area contributed by atoms with Gasteiger partial charge in [-0.25, -0.2) is 0 Å². The summed E-state index contributed by atoms with van der Waals surface area (Å²) >= 11 is 0. The molecule has 100 valence electrons. The predicted octanol–water partition coefficient (Wildman–Crippen LogP) is 0.883. The normalized spacial score (nSPS) is 28.5. The summed E-state index contributed by atoms with van der Waals surface area (Å²) in [5, 5.41) is 11.3. The number of carboxylic acid groups (broad SMARTS) is 1. The molecule has 2 aliphatic rings. The molecule has 0 amide bonds. The summed E-state index contributed by atoms with van der Waals surface area (Å²) in [5.41, 5.74) is 0.559. The predicted molar refractivity (Wildman–Crippen MR) is 70.3 cm³/mol. The molecule has 0 saturated carbocycles. The number of benzene rings is 1. The number of ether oxygens (including phenoxy) is 1. The molecule has 1 saturated heterocycles. The van der Waals surface area contributed by atoms with Crippen LogP contribution < -0.4 is 10.6 Å². The van der Waals surface area contributed by atoms with Crippen LogP contribution in [0, 0.1) is 0 Å². The molecule has 19 heavy (non-hydrogen) atoms. The van der Waals surface area contributed by atoms with Crippen molar-refractivity contribution in [2.24, 2.45) is 4.99 Å². The average molecular weight is 259 g/mol. The number of hydrogen-bond acceptors (Lipinski definition) is 3. The Labute approximate surface area is 111 Å². The van der Waals surface area contributed by atoms with Gasteiger partial charge in [0.2, 0.25) is 0 Å². The minimum absolute atomic E-state index is 0.00908. The van der Waals surface area contributed by atoms with Crippen molar-refractivity contribution in [2.75, 3.05) is 6.61 Å². The lowest BCUT2D eigenvalue weighted by Crippen LogP contribution is -2.49. The van der Waals surface area contributed by atoms with Gasteiger partial charge >= 0.3 is 5.97 Å². The molecule has 1 N–H and O–H groups in total. The summed E-state index contributed by atoms with van der Waals surface area (Å²) < 4.78 is 5.88. The maximum Gasteiger partial charge on any atom is 0.306 e. The van der Waals surface area contributed by atoms with Gasteiger partial charge in [-0.05, 0) is 24.5 Å². The lowest BCUT2D eigenvalue weighted by atomic mass is 9.80. The van der Waals surface area contributed by atoms with E-state index in [1.807, 2.05) is 25.1 Å². The third-order valence-corrected chi connectivity index (χ3v) is 4.16. The van der Waals surface area contributed by atoms with Crippen LogP contribution in [0.2, 0.25) is 0 Å². The Bertz CT molecular complexity index is 637. The molecule has 0 bridgehead atoms. The Morgan fingerprint density at radius 1 is 1.53 bits per heavy atom. The van der Waals surface area contributed by atoms with Crippen LogP contribution in [-0.4, -0.2) is 29.3 Å². The van der Waals surface area contributed by atoms with Crippen molar-refractivity contribution in [3.8, 4) is 0 Å². The summed E-state index contributed by atoms with van der Waals surface area (Å²) in [6.45, 7) is 2.56. The van der Waals surface area contributed by atoms with E-state index < -0.39 is 11.6 Å². The van der Waals surface area contributed by atoms with E-state index in [1.54, 1.807) is 0 Å². The van der Waals surface area contributed by atoms with Crippen LogP contribution in [0.5, 0.6) is 0 Å². The maximum atomic E-state index is 11.2. The molecule has 0 aliphatic carbocycles. The Kier molecular flexibility index (Phi) is 2.90. The topological polar surface area (TPSA) is 58.9 Å². The second-order valence-corrected chi connectivity index (χ2v) is 5.16. The molecule has 4 nitrogen and oxygen atoms in total. The Morgan fingerprint density at radius 3 is 3.05 bits per heavy atom. The standard InChI is InChI=1S/C15H17NO3/c1-2-15(9-13(17)18)14-11(7-8-19-15)10-5-3-4-6-12(10)16-14/h3-6,14H,2,7-9H2,1H3,(H,17,18). The van der Waals surface area contributed by atoms with Crippen LogP contribution in [-0.2, 0) is 9.53 Å². The van der Waals surface area contributed by atoms with Gasteiger partial charge in [0.25, 0.3) is 0 Å². The summed E-state index contributed by atoms with van der Waals surface area (Å²) in [7, 11) is 0. The maximum absolute atomic E-state index is 11.2. The van der Waals surface area contributed by atoms with Crippen molar-refractivity contribution in [3.05, 3.63) is 34.8 Å². The number of nitrogens with zero attached hydrogens (tertiary/aromatic N) is 1. The van der Waals surface area contributed by atoms with Crippen LogP contribution in [0.25, 0.3) is 5.57 Å². The van der Waals surface area contributed by atoms with Gasteiger partial charge in [0, 0.05) is 5.22 Å². The third-order valence-electron chi connectivity index (χ3n) is 4.16. The second kappa shape index (κ2) is 4.46. The number of para-hydroxylation sites is 1. The molecule has 2 unspecified atom stereocenters. The van der Waals surface area contributed by atoms with E-state index in [4.69, 9.17) is 14.8 Å². The van der Waals surface area contributed by atoms with Crippen molar-refractivity contribution in [1.82, 2.24) is 0 Å². The lowest BCUT2D eigenvalue weighted by Gasteiger charge is -2.40. The number of rotatable bonds is 3. The van der Waals surface area contributed by atoms with E-state index in [0.717, 1.165) is 11.8 Å². The van der Waals surface area contributed by atoms with Crippen molar-refractivity contribution in [1.29, 1.82) is 0 Å². The van der Waals surface area contributed by atoms with Gasteiger partial charge in [0.15, 0.2) is 0 Å². The van der Waals surface area contributed by atoms with E-state index in [2.05, 4.69) is 6.07 Å². The molecule has 2 heterocycles. The lowest BCUT2D eigenvalue weighted by molar-refractivity contribution is -0.148. The Hall–Kier alpha value is -1.68. The molecule has 4 heteroatoms. The average Bonchev–Trinajstić information content (AvgIpc) is 2.78. The van der Waals surface area contributed by atoms with Gasteiger partial charge in [-0.15, -0.1) is 0 Å². The zero-order chi connectivity index (χ0) is 13.5. The summed E-state index contributed by atoms with van der Waals surface area (Å²) in [6, 6.07) is 7.89. The van der Waals surface area contributed by atoms with Crippen molar-refractivity contribution in [3.63, 3.8) is 0 Å². The molecule has 2 atom stereocenters. The molecule has 0 radical (unpaired) electrons. The van der Waals surface area contributed by atoms with Gasteiger partial charge < -0.3 is 9.84 Å². The van der Waals surface area contributed by atoms with Crippen LogP contribution >= 0.6 is 0 Å². The highest BCUT2D eigenvalue weighted by Gasteiger charge is 2.46. The molecule has 0 aromatic heterocycles. The van der Waals surface area contributed by atoms with E-state index >= 15 is 0 Å². The number of aliphatic carboxylic acids is 1. The minimum Gasteiger partial charge on any atom is -0.481 e. The highest BCUT2D eigenvalue weighted by Crippen LogP contribution is 2.38. The highest BCUT2D eigenvalue weighted by molar-refractivity contribution is 5.70. The van der Waals surface area contributed by atoms with E-state index in [1.165, 1.54) is 10.8 Å². The molecule has 2 aliphatic heterocycles. The van der Waals surface area contributed by atoms with Crippen molar-refractivity contribution in [2.45, 2.75) is 37.8 Å². The van der Waals surface area contributed by atoms with E-state index in [0.29, 0.717) is 13.0 Å². The number of carboxylic acids is 1. The van der Waals surface area contributed by atoms with Gasteiger partial charge in [0.05, 0.1) is 18.4 Å². The fourth-order valence-corrected chi connectivity index (χ4v) is 3.20. The quantitative estimate of drug-likeness (QED) is 0.876.